The Hall–Kier alpha value is -2.01. The number of rotatable bonds is 8. The van der Waals surface area contributed by atoms with Crippen molar-refractivity contribution in [3.8, 4) is 0 Å². The van der Waals surface area contributed by atoms with E-state index in [-0.39, 0.29) is 23.4 Å². The molecular weight excluding hydrogens is 305 g/mol. The first-order chi connectivity index (χ1) is 11.4. The van der Waals surface area contributed by atoms with E-state index >= 15 is 0 Å². The standard InChI is InChI=1S/C19H26FN3O/c1-5-12-24-18(19(2,3)4)17(23-14-21-13-22-23)11-10-15-8-6-7-9-16(15)20/h5-9,13-14,17-18H,1,10-12H2,2-4H3. The summed E-state index contributed by atoms with van der Waals surface area (Å²) in [5, 5.41) is 4.30. The van der Waals surface area contributed by atoms with Gasteiger partial charge in [0.2, 0.25) is 0 Å². The quantitative estimate of drug-likeness (QED) is 0.680. The van der Waals surface area contributed by atoms with Crippen LogP contribution in [-0.4, -0.2) is 27.5 Å². The minimum Gasteiger partial charge on any atom is -0.371 e. The molecule has 1 aromatic carbocycles. The number of hydrogen-bond donors (Lipinski definition) is 0. The van der Waals surface area contributed by atoms with Crippen LogP contribution >= 0.6 is 0 Å². The van der Waals surface area contributed by atoms with Crippen molar-refractivity contribution in [2.75, 3.05) is 6.61 Å². The third-order valence-corrected chi connectivity index (χ3v) is 4.04. The van der Waals surface area contributed by atoms with E-state index in [9.17, 15) is 4.39 Å². The van der Waals surface area contributed by atoms with E-state index in [4.69, 9.17) is 4.74 Å². The summed E-state index contributed by atoms with van der Waals surface area (Å²) < 4.78 is 21.8. The van der Waals surface area contributed by atoms with Crippen LogP contribution in [0.2, 0.25) is 0 Å². The predicted molar refractivity (Wildman–Crippen MR) is 93.2 cm³/mol. The molecule has 0 amide bonds. The van der Waals surface area contributed by atoms with Crippen molar-refractivity contribution in [3.63, 3.8) is 0 Å². The zero-order valence-electron chi connectivity index (χ0n) is 14.7. The van der Waals surface area contributed by atoms with Crippen LogP contribution in [0.25, 0.3) is 0 Å². The third kappa shape index (κ3) is 4.74. The van der Waals surface area contributed by atoms with Gasteiger partial charge in [-0.15, -0.1) is 6.58 Å². The summed E-state index contributed by atoms with van der Waals surface area (Å²) in [6, 6.07) is 6.85. The molecule has 0 radical (unpaired) electrons. The van der Waals surface area contributed by atoms with Gasteiger partial charge in [-0.25, -0.2) is 14.1 Å². The monoisotopic (exact) mass is 331 g/mol. The van der Waals surface area contributed by atoms with E-state index in [1.165, 1.54) is 12.4 Å². The Morgan fingerprint density at radius 3 is 2.67 bits per heavy atom. The maximum Gasteiger partial charge on any atom is 0.137 e. The van der Waals surface area contributed by atoms with Gasteiger partial charge >= 0.3 is 0 Å². The Labute approximate surface area is 143 Å². The molecule has 0 aliphatic rings. The number of aromatic nitrogens is 3. The van der Waals surface area contributed by atoms with Gasteiger partial charge in [0.25, 0.3) is 0 Å². The summed E-state index contributed by atoms with van der Waals surface area (Å²) >= 11 is 0. The molecule has 0 spiro atoms. The normalized spacial score (nSPS) is 14.3. The smallest absolute Gasteiger partial charge is 0.137 e. The molecule has 0 saturated heterocycles. The van der Waals surface area contributed by atoms with Crippen molar-refractivity contribution in [2.45, 2.75) is 45.8 Å². The van der Waals surface area contributed by atoms with E-state index in [1.54, 1.807) is 18.5 Å². The number of halogens is 1. The van der Waals surface area contributed by atoms with Crippen LogP contribution in [0.4, 0.5) is 4.39 Å². The first-order valence-electron chi connectivity index (χ1n) is 8.23. The van der Waals surface area contributed by atoms with Crippen LogP contribution in [-0.2, 0) is 11.2 Å². The van der Waals surface area contributed by atoms with Crippen molar-refractivity contribution >= 4 is 0 Å². The Morgan fingerprint density at radius 2 is 2.08 bits per heavy atom. The highest BCUT2D eigenvalue weighted by Gasteiger charge is 2.34. The van der Waals surface area contributed by atoms with Crippen LogP contribution in [0, 0.1) is 11.2 Å². The molecule has 130 valence electrons. The SMILES string of the molecule is C=CCOC(C(CCc1ccccc1F)n1cncn1)C(C)(C)C. The second kappa shape index (κ2) is 8.20. The van der Waals surface area contributed by atoms with E-state index in [0.717, 1.165) is 0 Å². The number of nitrogens with zero attached hydrogens (tertiary/aromatic N) is 3. The summed E-state index contributed by atoms with van der Waals surface area (Å²) in [5.41, 5.74) is 0.605. The van der Waals surface area contributed by atoms with Crippen LogP contribution in [0.15, 0.2) is 49.6 Å². The molecule has 1 aromatic heterocycles. The Morgan fingerprint density at radius 1 is 1.33 bits per heavy atom. The lowest BCUT2D eigenvalue weighted by molar-refractivity contribution is -0.0438. The first kappa shape index (κ1) is 18.3. The largest absolute Gasteiger partial charge is 0.371 e. The molecule has 0 aliphatic heterocycles. The van der Waals surface area contributed by atoms with E-state index < -0.39 is 0 Å². The summed E-state index contributed by atoms with van der Waals surface area (Å²) in [7, 11) is 0. The maximum atomic E-state index is 13.9. The topological polar surface area (TPSA) is 39.9 Å². The number of aryl methyl sites for hydroxylation is 1. The Kier molecular flexibility index (Phi) is 6.26. The molecule has 0 saturated carbocycles. The van der Waals surface area contributed by atoms with Crippen molar-refractivity contribution < 1.29 is 9.13 Å². The van der Waals surface area contributed by atoms with Gasteiger partial charge in [0.15, 0.2) is 0 Å². The second-order valence-corrected chi connectivity index (χ2v) is 6.98. The van der Waals surface area contributed by atoms with Gasteiger partial charge in [-0.3, -0.25) is 0 Å². The first-order valence-corrected chi connectivity index (χ1v) is 8.23. The fraction of sp³-hybridized carbons (Fsp3) is 0.474. The van der Waals surface area contributed by atoms with Gasteiger partial charge in [-0.1, -0.05) is 45.0 Å². The highest BCUT2D eigenvalue weighted by atomic mass is 19.1. The average Bonchev–Trinajstić information content (AvgIpc) is 3.05. The lowest BCUT2D eigenvalue weighted by Gasteiger charge is -2.36. The van der Waals surface area contributed by atoms with Crippen LogP contribution in [0.1, 0.15) is 38.8 Å². The van der Waals surface area contributed by atoms with Gasteiger partial charge in [-0.05, 0) is 29.9 Å². The van der Waals surface area contributed by atoms with E-state index in [2.05, 4.69) is 37.4 Å². The van der Waals surface area contributed by atoms with Gasteiger partial charge in [0, 0.05) is 0 Å². The molecule has 2 aromatic rings. The Balaban J connectivity index is 2.23. The summed E-state index contributed by atoms with van der Waals surface area (Å²) in [4.78, 5) is 4.06. The van der Waals surface area contributed by atoms with Gasteiger partial charge in [0.05, 0.1) is 18.8 Å². The molecule has 1 heterocycles. The molecule has 24 heavy (non-hydrogen) atoms. The highest BCUT2D eigenvalue weighted by molar-refractivity contribution is 5.17. The molecule has 4 nitrogen and oxygen atoms in total. The van der Waals surface area contributed by atoms with Crippen LogP contribution < -0.4 is 0 Å². The summed E-state index contributed by atoms with van der Waals surface area (Å²) in [6.45, 7) is 10.6. The van der Waals surface area contributed by atoms with Crippen molar-refractivity contribution in [2.24, 2.45) is 5.41 Å². The lowest BCUT2D eigenvalue weighted by Crippen LogP contribution is -2.38. The van der Waals surface area contributed by atoms with E-state index in [1.807, 2.05) is 16.8 Å². The van der Waals surface area contributed by atoms with E-state index in [0.29, 0.717) is 25.0 Å². The van der Waals surface area contributed by atoms with Crippen molar-refractivity contribution in [3.05, 3.63) is 61.0 Å². The van der Waals surface area contributed by atoms with Crippen molar-refractivity contribution in [1.29, 1.82) is 0 Å². The lowest BCUT2D eigenvalue weighted by atomic mass is 9.82. The van der Waals surface area contributed by atoms with Gasteiger partial charge < -0.3 is 4.74 Å². The maximum absolute atomic E-state index is 13.9. The Bertz CT molecular complexity index is 634. The molecule has 0 N–H and O–H groups in total. The van der Waals surface area contributed by atoms with Crippen LogP contribution in [0.3, 0.4) is 0 Å². The minimum absolute atomic E-state index is 0.0351. The van der Waals surface area contributed by atoms with Gasteiger partial charge in [-0.2, -0.15) is 5.10 Å². The second-order valence-electron chi connectivity index (χ2n) is 6.98. The zero-order chi connectivity index (χ0) is 17.6. The average molecular weight is 331 g/mol. The van der Waals surface area contributed by atoms with Crippen molar-refractivity contribution in [1.82, 2.24) is 14.8 Å². The van der Waals surface area contributed by atoms with Crippen LogP contribution in [0.5, 0.6) is 0 Å². The zero-order valence-corrected chi connectivity index (χ0v) is 14.7. The molecule has 2 unspecified atom stereocenters. The number of benzene rings is 1. The summed E-state index contributed by atoms with van der Waals surface area (Å²) in [5.74, 6) is -0.172. The summed E-state index contributed by atoms with van der Waals surface area (Å²) in [6.07, 6.45) is 6.19. The molecule has 2 atom stereocenters. The minimum atomic E-state index is -0.172. The fourth-order valence-corrected chi connectivity index (χ4v) is 2.93. The molecule has 5 heteroatoms. The molecule has 0 aliphatic carbocycles. The molecule has 2 rings (SSSR count). The number of ether oxygens (including phenoxy) is 1. The van der Waals surface area contributed by atoms with Gasteiger partial charge in [0.1, 0.15) is 18.5 Å². The fourth-order valence-electron chi connectivity index (χ4n) is 2.93. The highest BCUT2D eigenvalue weighted by Crippen LogP contribution is 2.33. The predicted octanol–water partition coefficient (Wildman–Crippen LogP) is 4.21. The third-order valence-electron chi connectivity index (χ3n) is 4.04. The molecule has 0 bridgehead atoms. The number of hydrogen-bond acceptors (Lipinski definition) is 3. The molecular formula is C19H26FN3O. The molecule has 0 fully saturated rings.